The number of aromatic nitrogens is 1. The second kappa shape index (κ2) is 5.47. The van der Waals surface area contributed by atoms with Crippen LogP contribution >= 0.6 is 0 Å². The number of carbonyl (C=O) groups excluding carboxylic acids is 3. The zero-order valence-electron chi connectivity index (χ0n) is 10.7. The summed E-state index contributed by atoms with van der Waals surface area (Å²) in [5, 5.41) is 8.72. The average molecular weight is 267 g/mol. The molecule has 0 aromatic carbocycles. The fourth-order valence-electron chi connectivity index (χ4n) is 1.86. The maximum atomic E-state index is 11.8. The molecule has 0 aliphatic heterocycles. The van der Waals surface area contributed by atoms with Gasteiger partial charge in [0.1, 0.15) is 0 Å². The molecule has 102 valence electrons. The van der Waals surface area contributed by atoms with Crippen LogP contribution in [-0.4, -0.2) is 40.4 Å². The first-order valence-electron chi connectivity index (χ1n) is 5.48. The summed E-state index contributed by atoms with van der Waals surface area (Å²) in [6.07, 6.45) is 0.339. The molecule has 19 heavy (non-hydrogen) atoms. The molecule has 0 atom stereocenters. The van der Waals surface area contributed by atoms with Crippen molar-refractivity contribution in [3.05, 3.63) is 22.5 Å². The number of hydrogen-bond donors (Lipinski definition) is 1. The summed E-state index contributed by atoms with van der Waals surface area (Å²) in [6, 6.07) is 0. The van der Waals surface area contributed by atoms with Crippen molar-refractivity contribution in [2.24, 2.45) is 0 Å². The van der Waals surface area contributed by atoms with Crippen LogP contribution < -0.4 is 0 Å². The Morgan fingerprint density at radius 2 is 1.89 bits per heavy atom. The fourth-order valence-corrected chi connectivity index (χ4v) is 1.86. The lowest BCUT2D eigenvalue weighted by Crippen LogP contribution is -2.24. The largest absolute Gasteiger partial charge is 0.474 e. The monoisotopic (exact) mass is 267 g/mol. The Hall–Kier alpha value is -2.44. The number of aliphatic carboxylic acids is 1. The highest BCUT2D eigenvalue weighted by Crippen LogP contribution is 2.22. The van der Waals surface area contributed by atoms with Gasteiger partial charge >= 0.3 is 17.8 Å². The van der Waals surface area contributed by atoms with Gasteiger partial charge in [-0.05, 0) is 26.3 Å². The van der Waals surface area contributed by atoms with Gasteiger partial charge in [-0.3, -0.25) is 14.2 Å². The maximum absolute atomic E-state index is 11.8. The van der Waals surface area contributed by atoms with E-state index in [4.69, 9.17) is 9.84 Å². The van der Waals surface area contributed by atoms with Crippen molar-refractivity contribution in [3.8, 4) is 0 Å². The first kappa shape index (κ1) is 14.6. The van der Waals surface area contributed by atoms with Crippen LogP contribution in [0.4, 0.5) is 0 Å². The summed E-state index contributed by atoms with van der Waals surface area (Å²) in [7, 11) is 0. The molecule has 1 aromatic rings. The van der Waals surface area contributed by atoms with Gasteiger partial charge in [0.05, 0.1) is 17.9 Å². The van der Waals surface area contributed by atoms with Crippen molar-refractivity contribution in [1.29, 1.82) is 0 Å². The van der Waals surface area contributed by atoms with Gasteiger partial charge in [0, 0.05) is 5.69 Å². The number of carboxylic acids is 1. The minimum absolute atomic E-state index is 0.0403. The van der Waals surface area contributed by atoms with E-state index in [2.05, 4.69) is 0 Å². The third-order valence-corrected chi connectivity index (χ3v) is 2.67. The predicted molar refractivity (Wildman–Crippen MR) is 63.5 cm³/mol. The van der Waals surface area contributed by atoms with Gasteiger partial charge in [-0.2, -0.15) is 0 Å². The van der Waals surface area contributed by atoms with E-state index in [0.717, 1.165) is 0 Å². The van der Waals surface area contributed by atoms with Gasteiger partial charge in [-0.15, -0.1) is 0 Å². The first-order valence-corrected chi connectivity index (χ1v) is 5.48. The van der Waals surface area contributed by atoms with E-state index >= 15 is 0 Å². The lowest BCUT2D eigenvalue weighted by atomic mass is 10.1. The van der Waals surface area contributed by atoms with Crippen molar-refractivity contribution in [2.75, 3.05) is 6.61 Å². The predicted octanol–water partition coefficient (Wildman–Crippen LogP) is 0.819. The van der Waals surface area contributed by atoms with Gasteiger partial charge in [-0.25, -0.2) is 9.59 Å². The van der Waals surface area contributed by atoms with E-state index in [9.17, 15) is 19.2 Å². The van der Waals surface area contributed by atoms with Crippen LogP contribution in [0.1, 0.15) is 43.8 Å². The SMILES string of the molecule is CCOC(=O)c1c(C)c(C=O)n(C(=O)C(=O)O)c1C. The van der Waals surface area contributed by atoms with Crippen LogP contribution in [0.25, 0.3) is 0 Å². The first-order chi connectivity index (χ1) is 8.86. The Kier molecular flexibility index (Phi) is 4.21. The molecule has 1 heterocycles. The zero-order chi connectivity index (χ0) is 14.7. The molecule has 0 aliphatic rings. The topological polar surface area (TPSA) is 103 Å². The highest BCUT2D eigenvalue weighted by atomic mass is 16.5. The number of nitrogens with zero attached hydrogens (tertiary/aromatic N) is 1. The molecule has 1 N–H and O–H groups in total. The van der Waals surface area contributed by atoms with E-state index in [0.29, 0.717) is 10.9 Å². The van der Waals surface area contributed by atoms with Gasteiger partial charge in [0.15, 0.2) is 6.29 Å². The standard InChI is InChI=1S/C12H13NO6/c1-4-19-12(18)9-6(2)8(5-14)13(7(9)3)10(15)11(16)17/h5H,4H2,1-3H3,(H,16,17). The van der Waals surface area contributed by atoms with Crippen LogP contribution in [0, 0.1) is 13.8 Å². The van der Waals surface area contributed by atoms with Gasteiger partial charge < -0.3 is 9.84 Å². The molecule has 7 nitrogen and oxygen atoms in total. The van der Waals surface area contributed by atoms with Crippen molar-refractivity contribution in [1.82, 2.24) is 4.57 Å². The van der Waals surface area contributed by atoms with Crippen LogP contribution in [-0.2, 0) is 9.53 Å². The molecule has 1 rings (SSSR count). The molecule has 0 saturated carbocycles. The summed E-state index contributed by atoms with van der Waals surface area (Å²) < 4.78 is 5.52. The molecule has 0 spiro atoms. The molecule has 0 fully saturated rings. The normalized spacial score (nSPS) is 10.1. The molecule has 0 saturated heterocycles. The Labute approximate surface area is 108 Å². The molecular formula is C12H13NO6. The quantitative estimate of drug-likeness (QED) is 0.494. The maximum Gasteiger partial charge on any atom is 0.395 e. The highest BCUT2D eigenvalue weighted by Gasteiger charge is 2.28. The minimum atomic E-state index is -1.71. The Bertz CT molecular complexity index is 569. The number of rotatable bonds is 3. The van der Waals surface area contributed by atoms with Crippen LogP contribution in [0.2, 0.25) is 0 Å². The molecule has 0 aliphatic carbocycles. The number of esters is 1. The molecule has 1 aromatic heterocycles. The number of aldehydes is 1. The van der Waals surface area contributed by atoms with Gasteiger partial charge in [0.2, 0.25) is 0 Å². The molecule has 0 radical (unpaired) electrons. The van der Waals surface area contributed by atoms with Crippen LogP contribution in [0.3, 0.4) is 0 Å². The lowest BCUT2D eigenvalue weighted by Gasteiger charge is -2.04. The lowest BCUT2D eigenvalue weighted by molar-refractivity contribution is -0.132. The summed E-state index contributed by atoms with van der Waals surface area (Å²) >= 11 is 0. The van der Waals surface area contributed by atoms with Crippen molar-refractivity contribution in [2.45, 2.75) is 20.8 Å². The second-order valence-electron chi connectivity index (χ2n) is 3.75. The molecule has 7 heteroatoms. The fraction of sp³-hybridized carbons (Fsp3) is 0.333. The third-order valence-electron chi connectivity index (χ3n) is 2.67. The zero-order valence-corrected chi connectivity index (χ0v) is 10.7. The minimum Gasteiger partial charge on any atom is -0.474 e. The summed E-state index contributed by atoms with van der Waals surface area (Å²) in [6.45, 7) is 4.58. The van der Waals surface area contributed by atoms with E-state index in [-0.39, 0.29) is 29.1 Å². The highest BCUT2D eigenvalue weighted by molar-refractivity contribution is 6.33. The molecule has 0 amide bonds. The van der Waals surface area contributed by atoms with E-state index in [1.54, 1.807) is 6.92 Å². The number of carbonyl (C=O) groups is 4. The van der Waals surface area contributed by atoms with Gasteiger partial charge in [-0.1, -0.05) is 0 Å². The Morgan fingerprint density at radius 1 is 1.32 bits per heavy atom. The number of ether oxygens (including phenoxy) is 1. The molecule has 0 bridgehead atoms. The van der Waals surface area contributed by atoms with E-state index < -0.39 is 17.8 Å². The van der Waals surface area contributed by atoms with Crippen molar-refractivity contribution < 1.29 is 29.0 Å². The Balaban J connectivity index is 3.54. The van der Waals surface area contributed by atoms with Crippen LogP contribution in [0.5, 0.6) is 0 Å². The summed E-state index contributed by atoms with van der Waals surface area (Å²) in [4.78, 5) is 45.0. The number of carboxylic acid groups (broad SMARTS) is 1. The van der Waals surface area contributed by atoms with Crippen molar-refractivity contribution >= 4 is 24.1 Å². The Morgan fingerprint density at radius 3 is 2.32 bits per heavy atom. The smallest absolute Gasteiger partial charge is 0.395 e. The van der Waals surface area contributed by atoms with Crippen molar-refractivity contribution in [3.63, 3.8) is 0 Å². The summed E-state index contributed by atoms with van der Waals surface area (Å²) in [5.41, 5.74) is 0.178. The summed E-state index contributed by atoms with van der Waals surface area (Å²) in [5.74, 6) is -3.70. The molecular weight excluding hydrogens is 254 g/mol. The third kappa shape index (κ3) is 2.40. The van der Waals surface area contributed by atoms with E-state index in [1.165, 1.54) is 13.8 Å². The van der Waals surface area contributed by atoms with E-state index in [1.807, 2.05) is 0 Å². The number of hydrogen-bond acceptors (Lipinski definition) is 5. The average Bonchev–Trinajstić information content (AvgIpc) is 2.59. The molecule has 0 unspecified atom stereocenters. The van der Waals surface area contributed by atoms with Gasteiger partial charge in [0.25, 0.3) is 0 Å². The van der Waals surface area contributed by atoms with Crippen LogP contribution in [0.15, 0.2) is 0 Å². The second-order valence-corrected chi connectivity index (χ2v) is 3.75.